The average molecular weight is 505 g/mol. The van der Waals surface area contributed by atoms with Crippen molar-refractivity contribution in [2.75, 3.05) is 5.32 Å². The summed E-state index contributed by atoms with van der Waals surface area (Å²) in [5, 5.41) is 9.00. The Labute approximate surface area is 206 Å². The van der Waals surface area contributed by atoms with Crippen molar-refractivity contribution in [2.24, 2.45) is 0 Å². The molecule has 2 aromatic heterocycles. The highest BCUT2D eigenvalue weighted by Crippen LogP contribution is 2.26. The van der Waals surface area contributed by atoms with Crippen LogP contribution in [0.4, 0.5) is 5.69 Å². The van der Waals surface area contributed by atoms with E-state index < -0.39 is 0 Å². The summed E-state index contributed by atoms with van der Waals surface area (Å²) >= 11 is 18.1. The summed E-state index contributed by atoms with van der Waals surface area (Å²) in [5.74, 6) is 0.939. The summed E-state index contributed by atoms with van der Waals surface area (Å²) in [5.41, 5.74) is 3.08. The van der Waals surface area contributed by atoms with E-state index in [1.54, 1.807) is 53.2 Å². The van der Waals surface area contributed by atoms with E-state index in [0.29, 0.717) is 44.5 Å². The van der Waals surface area contributed by atoms with Gasteiger partial charge in [0.2, 0.25) is 0 Å². The molecule has 0 unspecified atom stereocenters. The summed E-state index contributed by atoms with van der Waals surface area (Å²) in [4.78, 5) is 12.8. The van der Waals surface area contributed by atoms with Crippen LogP contribution in [-0.4, -0.2) is 15.7 Å². The molecule has 0 aliphatic carbocycles. The van der Waals surface area contributed by atoms with Gasteiger partial charge in [-0.15, -0.1) is 0 Å². The zero-order valence-electron chi connectivity index (χ0n) is 17.9. The third-order valence-electron chi connectivity index (χ3n) is 5.00. The van der Waals surface area contributed by atoms with Crippen LogP contribution in [0.15, 0.2) is 59.0 Å². The van der Waals surface area contributed by atoms with Crippen LogP contribution >= 0.6 is 34.8 Å². The number of hydrogen-bond acceptors (Lipinski definition) is 4. The summed E-state index contributed by atoms with van der Waals surface area (Å²) < 4.78 is 13.1. The van der Waals surface area contributed by atoms with Gasteiger partial charge >= 0.3 is 0 Å². The predicted molar refractivity (Wildman–Crippen MR) is 130 cm³/mol. The summed E-state index contributed by atoms with van der Waals surface area (Å²) in [7, 11) is 0. The quantitative estimate of drug-likeness (QED) is 0.296. The van der Waals surface area contributed by atoms with E-state index in [0.717, 1.165) is 11.3 Å². The molecule has 0 saturated carbocycles. The first-order chi connectivity index (χ1) is 15.8. The number of nitrogens with zero attached hydrogens (tertiary/aromatic N) is 2. The van der Waals surface area contributed by atoms with Crippen molar-refractivity contribution < 1.29 is 13.9 Å². The van der Waals surface area contributed by atoms with Gasteiger partial charge in [0.15, 0.2) is 5.76 Å². The Kier molecular flexibility index (Phi) is 6.98. The maximum absolute atomic E-state index is 12.8. The molecule has 0 saturated heterocycles. The van der Waals surface area contributed by atoms with Crippen LogP contribution in [-0.2, 0) is 13.2 Å². The number of carbonyl (C=O) groups excluding carboxylic acids is 1. The van der Waals surface area contributed by atoms with E-state index in [9.17, 15) is 4.79 Å². The molecule has 0 aliphatic rings. The van der Waals surface area contributed by atoms with Crippen LogP contribution in [0.1, 0.15) is 33.3 Å². The molecule has 6 nitrogen and oxygen atoms in total. The number of ether oxygens (including phenoxy) is 1. The largest absolute Gasteiger partial charge is 0.486 e. The number of hydrogen-bond donors (Lipinski definition) is 1. The highest BCUT2D eigenvalue weighted by Gasteiger charge is 2.18. The van der Waals surface area contributed by atoms with Crippen LogP contribution in [0.3, 0.4) is 0 Å². The van der Waals surface area contributed by atoms with Crippen molar-refractivity contribution in [1.82, 2.24) is 9.78 Å². The van der Waals surface area contributed by atoms with Gasteiger partial charge in [-0.2, -0.15) is 5.10 Å². The summed E-state index contributed by atoms with van der Waals surface area (Å²) in [6.07, 6.45) is 0. The first kappa shape index (κ1) is 23.2. The molecule has 1 N–H and O–H groups in total. The Morgan fingerprint density at radius 1 is 1.06 bits per heavy atom. The molecule has 9 heteroatoms. The second kappa shape index (κ2) is 9.91. The fraction of sp³-hybridized carbons (Fsp3) is 0.167. The van der Waals surface area contributed by atoms with Crippen LogP contribution in [0.2, 0.25) is 15.1 Å². The lowest BCUT2D eigenvalue weighted by Crippen LogP contribution is -2.12. The number of benzene rings is 2. The molecule has 4 rings (SSSR count). The molecule has 0 bridgehead atoms. The Morgan fingerprint density at radius 2 is 1.88 bits per heavy atom. The molecular formula is C24H20Cl3N3O3. The number of amides is 1. The number of halogens is 3. The number of nitrogens with one attached hydrogen (secondary N) is 1. The lowest BCUT2D eigenvalue weighted by Gasteiger charge is -2.07. The molecule has 2 aromatic carbocycles. The molecule has 0 spiro atoms. The van der Waals surface area contributed by atoms with E-state index in [2.05, 4.69) is 10.4 Å². The van der Waals surface area contributed by atoms with Gasteiger partial charge in [-0.1, -0.05) is 46.9 Å². The zero-order chi connectivity index (χ0) is 23.5. The minimum Gasteiger partial charge on any atom is -0.486 e. The fourth-order valence-electron chi connectivity index (χ4n) is 3.31. The molecule has 4 aromatic rings. The Bertz CT molecular complexity index is 1310. The topological polar surface area (TPSA) is 69.3 Å². The van der Waals surface area contributed by atoms with Crippen molar-refractivity contribution in [3.63, 3.8) is 0 Å². The number of aromatic nitrogens is 2. The van der Waals surface area contributed by atoms with Gasteiger partial charge < -0.3 is 14.5 Å². The summed E-state index contributed by atoms with van der Waals surface area (Å²) in [6, 6.07) is 15.8. The van der Waals surface area contributed by atoms with E-state index in [4.69, 9.17) is 44.0 Å². The van der Waals surface area contributed by atoms with Crippen LogP contribution in [0.5, 0.6) is 5.75 Å². The SMILES string of the molecule is Cc1nn(Cc2ccc(Cl)c(Cl)c2)c(C)c1NC(=O)c1ccc(COc2cccc(Cl)c2)o1. The van der Waals surface area contributed by atoms with E-state index in [-0.39, 0.29) is 18.3 Å². The normalized spacial score (nSPS) is 10.9. The van der Waals surface area contributed by atoms with E-state index in [1.165, 1.54) is 0 Å². The minimum absolute atomic E-state index is 0.174. The number of anilines is 1. The van der Waals surface area contributed by atoms with Crippen molar-refractivity contribution in [3.05, 3.63) is 98.1 Å². The highest BCUT2D eigenvalue weighted by atomic mass is 35.5. The molecule has 0 radical (unpaired) electrons. The van der Waals surface area contributed by atoms with Gasteiger partial charge in [0.1, 0.15) is 18.1 Å². The lowest BCUT2D eigenvalue weighted by atomic mass is 10.2. The first-order valence-corrected chi connectivity index (χ1v) is 11.2. The number of furan rings is 1. The maximum Gasteiger partial charge on any atom is 0.291 e. The Morgan fingerprint density at radius 3 is 2.64 bits per heavy atom. The molecular weight excluding hydrogens is 485 g/mol. The van der Waals surface area contributed by atoms with Gasteiger partial charge in [0.25, 0.3) is 5.91 Å². The second-order valence-electron chi connectivity index (χ2n) is 7.42. The highest BCUT2D eigenvalue weighted by molar-refractivity contribution is 6.42. The minimum atomic E-state index is -0.371. The Balaban J connectivity index is 1.42. The van der Waals surface area contributed by atoms with Gasteiger partial charge in [0.05, 0.1) is 33.7 Å². The third kappa shape index (κ3) is 5.53. The maximum atomic E-state index is 12.8. The molecule has 33 heavy (non-hydrogen) atoms. The zero-order valence-corrected chi connectivity index (χ0v) is 20.1. The molecule has 1 amide bonds. The fourth-order valence-corrected chi connectivity index (χ4v) is 3.81. The lowest BCUT2D eigenvalue weighted by molar-refractivity contribution is 0.0992. The monoisotopic (exact) mass is 503 g/mol. The average Bonchev–Trinajstić information content (AvgIpc) is 3.35. The predicted octanol–water partition coefficient (Wildman–Crippen LogP) is 6.93. The third-order valence-corrected chi connectivity index (χ3v) is 5.97. The summed E-state index contributed by atoms with van der Waals surface area (Å²) in [6.45, 7) is 4.39. The number of carbonyl (C=O) groups is 1. The van der Waals surface area contributed by atoms with Crippen molar-refractivity contribution in [3.8, 4) is 5.75 Å². The molecule has 0 atom stereocenters. The standard InChI is InChI=1S/C24H20Cl3N3O3/c1-14-23(15(2)30(29-14)12-16-6-8-20(26)21(27)10-16)28-24(31)22-9-7-19(33-22)13-32-18-5-3-4-17(25)11-18/h3-11H,12-13H2,1-2H3,(H,28,31). The van der Waals surface area contributed by atoms with Crippen LogP contribution in [0.25, 0.3) is 0 Å². The van der Waals surface area contributed by atoms with Crippen molar-refractivity contribution in [1.29, 1.82) is 0 Å². The number of rotatable bonds is 7. The molecule has 0 aliphatic heterocycles. The van der Waals surface area contributed by atoms with Crippen LogP contribution in [0, 0.1) is 13.8 Å². The Hall–Kier alpha value is -2.93. The molecule has 170 valence electrons. The first-order valence-electron chi connectivity index (χ1n) is 10.1. The molecule has 2 heterocycles. The van der Waals surface area contributed by atoms with Crippen molar-refractivity contribution in [2.45, 2.75) is 27.0 Å². The van der Waals surface area contributed by atoms with Gasteiger partial charge in [-0.25, -0.2) is 0 Å². The van der Waals surface area contributed by atoms with Crippen LogP contribution < -0.4 is 10.1 Å². The van der Waals surface area contributed by atoms with Crippen molar-refractivity contribution >= 4 is 46.4 Å². The van der Waals surface area contributed by atoms with Gasteiger partial charge in [0, 0.05) is 5.02 Å². The van der Waals surface area contributed by atoms with E-state index in [1.807, 2.05) is 19.9 Å². The molecule has 0 fully saturated rings. The van der Waals surface area contributed by atoms with Gasteiger partial charge in [-0.3, -0.25) is 9.48 Å². The van der Waals surface area contributed by atoms with Gasteiger partial charge in [-0.05, 0) is 61.9 Å². The number of aryl methyl sites for hydroxylation is 1. The smallest absolute Gasteiger partial charge is 0.291 e. The van der Waals surface area contributed by atoms with E-state index >= 15 is 0 Å². The second-order valence-corrected chi connectivity index (χ2v) is 8.67.